The average Bonchev–Trinajstić information content (AvgIpc) is 3.02. The van der Waals surface area contributed by atoms with Crippen molar-refractivity contribution in [2.75, 3.05) is 44.8 Å². The number of nitrogens with zero attached hydrogens (tertiary/aromatic N) is 3. The van der Waals surface area contributed by atoms with Gasteiger partial charge in [-0.15, -0.1) is 0 Å². The molecule has 7 heteroatoms. The molecule has 0 radical (unpaired) electrons. The summed E-state index contributed by atoms with van der Waals surface area (Å²) in [6, 6.07) is 9.85. The molecule has 1 aromatic carbocycles. The molecule has 1 fully saturated rings. The van der Waals surface area contributed by atoms with Gasteiger partial charge in [-0.05, 0) is 18.6 Å². The number of amides is 1. The molecule has 4 rings (SSSR count). The lowest BCUT2D eigenvalue weighted by Crippen LogP contribution is -2.55. The summed E-state index contributed by atoms with van der Waals surface area (Å²) in [6.07, 6.45) is 1.84. The lowest BCUT2D eigenvalue weighted by Gasteiger charge is -2.37. The number of pyridine rings is 1. The van der Waals surface area contributed by atoms with Crippen molar-refractivity contribution in [1.82, 2.24) is 15.2 Å². The van der Waals surface area contributed by atoms with E-state index in [1.54, 1.807) is 7.11 Å². The van der Waals surface area contributed by atoms with E-state index in [0.29, 0.717) is 32.1 Å². The van der Waals surface area contributed by atoms with Crippen molar-refractivity contribution in [3.63, 3.8) is 0 Å². The van der Waals surface area contributed by atoms with E-state index in [0.717, 1.165) is 34.8 Å². The van der Waals surface area contributed by atoms with E-state index in [2.05, 4.69) is 35.6 Å². The number of aromatic nitrogens is 1. The van der Waals surface area contributed by atoms with Crippen LogP contribution in [0.25, 0.3) is 0 Å². The second kappa shape index (κ2) is 8.92. The molecule has 2 aliphatic heterocycles. The Kier molecular flexibility index (Phi) is 6.22. The van der Waals surface area contributed by atoms with E-state index in [1.165, 1.54) is 0 Å². The molecule has 0 unspecified atom stereocenters. The fraction of sp³-hybridized carbons (Fsp3) is 0.440. The average molecular weight is 437 g/mol. The van der Waals surface area contributed by atoms with E-state index in [1.807, 2.05) is 48.4 Å². The van der Waals surface area contributed by atoms with Crippen molar-refractivity contribution < 1.29 is 14.3 Å². The fourth-order valence-corrected chi connectivity index (χ4v) is 4.42. The Bertz CT molecular complexity index is 1020. The van der Waals surface area contributed by atoms with Crippen molar-refractivity contribution in [2.24, 2.45) is 0 Å². The van der Waals surface area contributed by atoms with Crippen LogP contribution < -0.4 is 15.0 Å². The monoisotopic (exact) mass is 436 g/mol. The minimum Gasteiger partial charge on any atom is -0.439 e. The van der Waals surface area contributed by atoms with E-state index in [4.69, 9.17) is 9.47 Å². The summed E-state index contributed by atoms with van der Waals surface area (Å²) < 4.78 is 11.4. The number of aryl methyl sites for hydroxylation is 1. The van der Waals surface area contributed by atoms with Gasteiger partial charge in [0.2, 0.25) is 11.8 Å². The highest BCUT2D eigenvalue weighted by molar-refractivity contribution is 5.97. The van der Waals surface area contributed by atoms with Crippen LogP contribution in [0.5, 0.6) is 11.6 Å². The van der Waals surface area contributed by atoms with Crippen LogP contribution in [0.15, 0.2) is 48.8 Å². The van der Waals surface area contributed by atoms with Gasteiger partial charge in [0.25, 0.3) is 0 Å². The van der Waals surface area contributed by atoms with Crippen LogP contribution in [0.3, 0.4) is 0 Å². The van der Waals surface area contributed by atoms with E-state index < -0.39 is 0 Å². The molecule has 3 heterocycles. The predicted octanol–water partition coefficient (Wildman–Crippen LogP) is 3.24. The van der Waals surface area contributed by atoms with Crippen LogP contribution in [0.4, 0.5) is 5.69 Å². The first-order chi connectivity index (χ1) is 15.3. The normalized spacial score (nSPS) is 20.1. The molecular weight excluding hydrogens is 404 g/mol. The SMILES string of the molecule is C=C1CN(CC(=O)N2CC(C)(C)c3cnc(Oc4ccccc4C)cc32)[C@@H](COC)CN1. The number of rotatable bonds is 6. The molecule has 0 saturated carbocycles. The summed E-state index contributed by atoms with van der Waals surface area (Å²) in [7, 11) is 1.69. The number of hydrogen-bond donors (Lipinski definition) is 1. The quantitative estimate of drug-likeness (QED) is 0.750. The van der Waals surface area contributed by atoms with Crippen LogP contribution in [-0.2, 0) is 14.9 Å². The first kappa shape index (κ1) is 22.3. The molecule has 1 amide bonds. The van der Waals surface area contributed by atoms with Gasteiger partial charge >= 0.3 is 0 Å². The van der Waals surface area contributed by atoms with Crippen molar-refractivity contribution in [3.8, 4) is 11.6 Å². The molecule has 0 spiro atoms. The number of fused-ring (bicyclic) bond motifs is 1. The zero-order chi connectivity index (χ0) is 22.9. The molecule has 2 aromatic rings. The molecule has 1 atom stereocenters. The topological polar surface area (TPSA) is 66.9 Å². The number of piperazine rings is 1. The third-order valence-corrected chi connectivity index (χ3v) is 6.23. The highest BCUT2D eigenvalue weighted by Gasteiger charge is 2.39. The number of benzene rings is 1. The Balaban J connectivity index is 1.57. The molecule has 0 aliphatic carbocycles. The molecule has 2 aliphatic rings. The van der Waals surface area contributed by atoms with Crippen LogP contribution in [-0.4, -0.2) is 61.7 Å². The minimum absolute atomic E-state index is 0.0562. The number of para-hydroxylation sites is 1. The van der Waals surface area contributed by atoms with E-state index >= 15 is 0 Å². The van der Waals surface area contributed by atoms with Crippen LogP contribution in [0.1, 0.15) is 25.0 Å². The number of methoxy groups -OCH3 is 1. The zero-order valence-electron chi connectivity index (χ0n) is 19.4. The van der Waals surface area contributed by atoms with Crippen molar-refractivity contribution in [2.45, 2.75) is 32.2 Å². The summed E-state index contributed by atoms with van der Waals surface area (Å²) in [4.78, 5) is 22.0. The minimum atomic E-state index is -0.182. The largest absolute Gasteiger partial charge is 0.439 e. The van der Waals surface area contributed by atoms with Crippen molar-refractivity contribution >= 4 is 11.6 Å². The predicted molar refractivity (Wildman–Crippen MR) is 125 cm³/mol. The van der Waals surface area contributed by atoms with Crippen molar-refractivity contribution in [1.29, 1.82) is 0 Å². The maximum absolute atomic E-state index is 13.5. The number of nitrogens with one attached hydrogen (secondary N) is 1. The van der Waals surface area contributed by atoms with E-state index in [9.17, 15) is 4.79 Å². The summed E-state index contributed by atoms with van der Waals surface area (Å²) in [5.41, 5.74) is 3.70. The van der Waals surface area contributed by atoms with Crippen molar-refractivity contribution in [3.05, 3.63) is 59.9 Å². The number of carbonyl (C=O) groups is 1. The van der Waals surface area contributed by atoms with Gasteiger partial charge in [0.05, 0.1) is 24.9 Å². The molecule has 0 bridgehead atoms. The van der Waals surface area contributed by atoms with Gasteiger partial charge in [-0.3, -0.25) is 9.69 Å². The van der Waals surface area contributed by atoms with Gasteiger partial charge in [-0.1, -0.05) is 38.6 Å². The third-order valence-electron chi connectivity index (χ3n) is 6.23. The maximum Gasteiger partial charge on any atom is 0.241 e. The second-order valence-corrected chi connectivity index (χ2v) is 9.27. The summed E-state index contributed by atoms with van der Waals surface area (Å²) in [6.45, 7) is 13.2. The first-order valence-electron chi connectivity index (χ1n) is 11.0. The third kappa shape index (κ3) is 4.49. The van der Waals surface area contributed by atoms with Gasteiger partial charge in [0.1, 0.15) is 5.75 Å². The first-order valence-corrected chi connectivity index (χ1v) is 11.0. The number of carbonyl (C=O) groups excluding carboxylic acids is 1. The Morgan fingerprint density at radius 1 is 1.34 bits per heavy atom. The van der Waals surface area contributed by atoms with E-state index in [-0.39, 0.29) is 17.4 Å². The molecule has 1 saturated heterocycles. The van der Waals surface area contributed by atoms with Crippen LogP contribution in [0, 0.1) is 6.92 Å². The highest BCUT2D eigenvalue weighted by atomic mass is 16.5. The van der Waals surface area contributed by atoms with Crippen LogP contribution in [0.2, 0.25) is 0 Å². The smallest absolute Gasteiger partial charge is 0.241 e. The van der Waals surface area contributed by atoms with Gasteiger partial charge < -0.3 is 19.7 Å². The number of hydrogen-bond acceptors (Lipinski definition) is 6. The molecule has 1 N–H and O–H groups in total. The Labute approximate surface area is 190 Å². The number of ether oxygens (including phenoxy) is 2. The lowest BCUT2D eigenvalue weighted by molar-refractivity contribution is -0.120. The Morgan fingerprint density at radius 2 is 2.12 bits per heavy atom. The second-order valence-electron chi connectivity index (χ2n) is 9.27. The molecule has 7 nitrogen and oxygen atoms in total. The highest BCUT2D eigenvalue weighted by Crippen LogP contribution is 2.42. The number of anilines is 1. The Morgan fingerprint density at radius 3 is 2.88 bits per heavy atom. The maximum atomic E-state index is 13.5. The molecule has 1 aromatic heterocycles. The standard InChI is InChI=1S/C25H32N4O3/c1-17-8-6-7-9-22(17)32-23-10-21-20(12-27-23)25(3,4)16-29(21)24(30)14-28-13-18(2)26-11-19(28)15-31-5/h6-10,12,19,26H,2,11,13-16H2,1,3-5H3/t19-/m1/s1. The summed E-state index contributed by atoms with van der Waals surface area (Å²) >= 11 is 0. The Hall–Kier alpha value is -2.90. The van der Waals surface area contributed by atoms with Gasteiger partial charge in [0.15, 0.2) is 0 Å². The molecular formula is C25H32N4O3. The van der Waals surface area contributed by atoms with Gasteiger partial charge in [-0.2, -0.15) is 0 Å². The summed E-state index contributed by atoms with van der Waals surface area (Å²) in [5, 5.41) is 3.29. The zero-order valence-corrected chi connectivity index (χ0v) is 19.4. The van der Waals surface area contributed by atoms with Crippen LogP contribution >= 0.6 is 0 Å². The molecule has 32 heavy (non-hydrogen) atoms. The van der Waals surface area contributed by atoms with Gasteiger partial charge in [-0.25, -0.2) is 4.98 Å². The molecule has 170 valence electrons. The van der Waals surface area contributed by atoms with Gasteiger partial charge in [0, 0.05) is 55.7 Å². The summed E-state index contributed by atoms with van der Waals surface area (Å²) in [5.74, 6) is 1.30. The lowest BCUT2D eigenvalue weighted by atomic mass is 9.88. The fourth-order valence-electron chi connectivity index (χ4n) is 4.42.